The first-order chi connectivity index (χ1) is 14.6. The Kier molecular flexibility index (Phi) is 9.97. The average Bonchev–Trinajstić information content (AvgIpc) is 2.65. The predicted molar refractivity (Wildman–Crippen MR) is 111 cm³/mol. The molecule has 1 unspecified atom stereocenters. The third kappa shape index (κ3) is 10.3. The molecule has 0 saturated heterocycles. The van der Waals surface area contributed by atoms with Crippen LogP contribution in [0.3, 0.4) is 0 Å². The first kappa shape index (κ1) is 27.7. The maximum absolute atomic E-state index is 13.2. The first-order valence-electron chi connectivity index (χ1n) is 9.69. The quantitative estimate of drug-likeness (QED) is 0.183. The highest BCUT2D eigenvalue weighted by molar-refractivity contribution is 7.54. The molecule has 0 spiro atoms. The summed E-state index contributed by atoms with van der Waals surface area (Å²) in [5.74, 6) is -1.13. The molecular weight excluding hydrogens is 452 g/mol. The number of alkyl halides is 3. The molecule has 0 N–H and O–H groups in total. The van der Waals surface area contributed by atoms with Crippen molar-refractivity contribution in [2.45, 2.75) is 47.2 Å². The fourth-order valence-electron chi connectivity index (χ4n) is 2.12. The lowest BCUT2D eigenvalue weighted by molar-refractivity contribution is -0.159. The van der Waals surface area contributed by atoms with E-state index >= 15 is 0 Å². The van der Waals surface area contributed by atoms with Crippen molar-refractivity contribution in [2.75, 3.05) is 19.6 Å². The fourth-order valence-corrected chi connectivity index (χ4v) is 3.50. The number of esters is 2. The maximum atomic E-state index is 13.2. The molecule has 180 valence electrons. The minimum atomic E-state index is -4.52. The molecule has 1 aromatic rings. The summed E-state index contributed by atoms with van der Waals surface area (Å²) >= 11 is 0. The molecule has 11 heteroatoms. The number of carbonyl (C=O) groups excluding carboxylic acids is 2. The molecule has 0 aliphatic carbocycles. The molecular formula is C21H28F3O7P. The SMILES string of the molecule is CC(=O)OC/C(C)=C/CCP(=O)(OCOC(=O)C(C)(C)C)Oc1ccc(C(F)(F)F)cc1. The second-order valence-electron chi connectivity index (χ2n) is 8.00. The zero-order valence-corrected chi connectivity index (χ0v) is 19.5. The van der Waals surface area contributed by atoms with Crippen LogP contribution in [0.1, 0.15) is 46.6 Å². The summed E-state index contributed by atoms with van der Waals surface area (Å²) in [4.78, 5) is 22.7. The van der Waals surface area contributed by atoms with Gasteiger partial charge in [-0.25, -0.2) is 4.57 Å². The molecule has 0 aliphatic rings. The maximum Gasteiger partial charge on any atom is 0.416 e. The largest absolute Gasteiger partial charge is 0.461 e. The Morgan fingerprint density at radius 3 is 2.12 bits per heavy atom. The molecule has 0 bridgehead atoms. The predicted octanol–water partition coefficient (Wildman–Crippen LogP) is 5.74. The minimum absolute atomic E-state index is 0.0590. The Morgan fingerprint density at radius 1 is 1.03 bits per heavy atom. The number of hydrogen-bond acceptors (Lipinski definition) is 7. The van der Waals surface area contributed by atoms with Crippen LogP contribution in [0.15, 0.2) is 35.9 Å². The standard InChI is InChI=1S/C21H28F3O7P/c1-15(13-28-16(2)25)7-6-12-32(27,30-14-29-19(26)20(3,4)5)31-18-10-8-17(9-11-18)21(22,23)24/h7-11H,6,12-14H2,1-5H3/b15-7+. The van der Waals surface area contributed by atoms with E-state index in [1.807, 2.05) is 0 Å². The van der Waals surface area contributed by atoms with Gasteiger partial charge >= 0.3 is 25.7 Å². The van der Waals surface area contributed by atoms with E-state index in [1.165, 1.54) is 6.92 Å². The third-order valence-electron chi connectivity index (χ3n) is 3.88. The van der Waals surface area contributed by atoms with Crippen molar-refractivity contribution in [3.63, 3.8) is 0 Å². The first-order valence-corrected chi connectivity index (χ1v) is 11.4. The topological polar surface area (TPSA) is 88.1 Å². The normalized spacial score (nSPS) is 14.4. The number of allylic oxidation sites excluding steroid dienone is 1. The third-order valence-corrected chi connectivity index (χ3v) is 5.67. The van der Waals surface area contributed by atoms with Gasteiger partial charge in [-0.05, 0) is 64.0 Å². The highest BCUT2D eigenvalue weighted by atomic mass is 31.2. The summed E-state index contributed by atoms with van der Waals surface area (Å²) < 4.78 is 71.8. The number of halogens is 3. The molecule has 0 aromatic heterocycles. The summed E-state index contributed by atoms with van der Waals surface area (Å²) in [6.07, 6.45) is -2.82. The van der Waals surface area contributed by atoms with E-state index in [9.17, 15) is 27.3 Å². The highest BCUT2D eigenvalue weighted by Crippen LogP contribution is 2.49. The number of ether oxygens (including phenoxy) is 2. The van der Waals surface area contributed by atoms with E-state index in [0.717, 1.165) is 24.3 Å². The second-order valence-corrected chi connectivity index (χ2v) is 10.1. The van der Waals surface area contributed by atoms with Crippen LogP contribution in [0.4, 0.5) is 13.2 Å². The molecule has 1 aromatic carbocycles. The summed E-state index contributed by atoms with van der Waals surface area (Å²) in [6, 6.07) is 3.65. The van der Waals surface area contributed by atoms with Gasteiger partial charge < -0.3 is 14.0 Å². The average molecular weight is 480 g/mol. The number of rotatable bonds is 10. The Labute approximate surface area is 185 Å². The molecule has 1 atom stereocenters. The van der Waals surface area contributed by atoms with Crippen LogP contribution < -0.4 is 4.52 Å². The number of carbonyl (C=O) groups is 2. The van der Waals surface area contributed by atoms with Crippen molar-refractivity contribution in [3.8, 4) is 5.75 Å². The van der Waals surface area contributed by atoms with E-state index in [1.54, 1.807) is 33.8 Å². The van der Waals surface area contributed by atoms with E-state index < -0.39 is 43.5 Å². The molecule has 0 saturated carbocycles. The summed E-state index contributed by atoms with van der Waals surface area (Å²) in [5, 5.41) is 0. The van der Waals surface area contributed by atoms with Gasteiger partial charge in [-0.3, -0.25) is 14.1 Å². The molecule has 0 amide bonds. The molecule has 0 fully saturated rings. The van der Waals surface area contributed by atoms with E-state index in [4.69, 9.17) is 18.5 Å². The molecule has 0 heterocycles. The molecule has 1 rings (SSSR count). The van der Waals surface area contributed by atoms with Crippen molar-refractivity contribution >= 4 is 19.5 Å². The van der Waals surface area contributed by atoms with Gasteiger partial charge in [0.05, 0.1) is 17.1 Å². The van der Waals surface area contributed by atoms with Crippen LogP contribution in [-0.2, 0) is 34.3 Å². The molecule has 32 heavy (non-hydrogen) atoms. The zero-order valence-electron chi connectivity index (χ0n) is 18.7. The van der Waals surface area contributed by atoms with Crippen molar-refractivity contribution < 1.29 is 45.8 Å². The zero-order chi connectivity index (χ0) is 24.6. The Bertz CT molecular complexity index is 856. The van der Waals surface area contributed by atoms with E-state index in [-0.39, 0.29) is 24.9 Å². The van der Waals surface area contributed by atoms with Crippen molar-refractivity contribution in [2.24, 2.45) is 5.41 Å². The Balaban J connectivity index is 2.89. The Hall–Kier alpha value is -2.32. The van der Waals surface area contributed by atoms with Gasteiger partial charge in [-0.2, -0.15) is 13.2 Å². The van der Waals surface area contributed by atoms with Crippen molar-refractivity contribution in [1.29, 1.82) is 0 Å². The smallest absolute Gasteiger partial charge is 0.416 e. The highest BCUT2D eigenvalue weighted by Gasteiger charge is 2.31. The minimum Gasteiger partial charge on any atom is -0.461 e. The van der Waals surface area contributed by atoms with Gasteiger partial charge in [0.1, 0.15) is 12.4 Å². The van der Waals surface area contributed by atoms with Gasteiger partial charge in [0.25, 0.3) is 0 Å². The van der Waals surface area contributed by atoms with E-state index in [2.05, 4.69) is 0 Å². The number of hydrogen-bond donors (Lipinski definition) is 0. The van der Waals surface area contributed by atoms with Crippen LogP contribution in [0.5, 0.6) is 5.75 Å². The van der Waals surface area contributed by atoms with Gasteiger partial charge in [-0.15, -0.1) is 0 Å². The summed E-state index contributed by atoms with van der Waals surface area (Å²) in [6.45, 7) is 7.27. The summed E-state index contributed by atoms with van der Waals surface area (Å²) in [7, 11) is -3.91. The lowest BCUT2D eigenvalue weighted by Crippen LogP contribution is -2.24. The van der Waals surface area contributed by atoms with E-state index in [0.29, 0.717) is 5.57 Å². The van der Waals surface area contributed by atoms with Gasteiger partial charge in [0.15, 0.2) is 0 Å². The molecule has 7 nitrogen and oxygen atoms in total. The Morgan fingerprint density at radius 2 is 1.62 bits per heavy atom. The van der Waals surface area contributed by atoms with Gasteiger partial charge in [0.2, 0.25) is 6.79 Å². The number of benzene rings is 1. The van der Waals surface area contributed by atoms with Gasteiger partial charge in [0, 0.05) is 6.92 Å². The van der Waals surface area contributed by atoms with Crippen molar-refractivity contribution in [3.05, 3.63) is 41.5 Å². The second kappa shape index (κ2) is 11.5. The van der Waals surface area contributed by atoms with Crippen LogP contribution >= 0.6 is 7.60 Å². The molecule has 0 radical (unpaired) electrons. The van der Waals surface area contributed by atoms with Crippen LogP contribution in [-0.4, -0.2) is 31.5 Å². The molecule has 0 aliphatic heterocycles. The lowest BCUT2D eigenvalue weighted by Gasteiger charge is -2.21. The van der Waals surface area contributed by atoms with Gasteiger partial charge in [-0.1, -0.05) is 6.08 Å². The van der Waals surface area contributed by atoms with Crippen LogP contribution in [0.25, 0.3) is 0 Å². The van der Waals surface area contributed by atoms with Crippen LogP contribution in [0.2, 0.25) is 0 Å². The summed E-state index contributed by atoms with van der Waals surface area (Å²) in [5.41, 5.74) is -0.998. The lowest BCUT2D eigenvalue weighted by atomic mass is 9.98. The monoisotopic (exact) mass is 480 g/mol. The van der Waals surface area contributed by atoms with Crippen LogP contribution in [0, 0.1) is 5.41 Å². The fraction of sp³-hybridized carbons (Fsp3) is 0.524. The van der Waals surface area contributed by atoms with Crippen molar-refractivity contribution in [1.82, 2.24) is 0 Å².